The normalized spacial score (nSPS) is 10.5. The second-order valence-electron chi connectivity index (χ2n) is 3.62. The molecule has 0 radical (unpaired) electrons. The van der Waals surface area contributed by atoms with Crippen LogP contribution in [0.4, 0.5) is 13.2 Å². The molecule has 0 amide bonds. The van der Waals surface area contributed by atoms with E-state index in [0.717, 1.165) is 11.6 Å². The first-order valence-electron chi connectivity index (χ1n) is 4.79. The third-order valence-electron chi connectivity index (χ3n) is 2.37. The molecule has 3 heteroatoms. The highest BCUT2D eigenvalue weighted by Crippen LogP contribution is 2.25. The summed E-state index contributed by atoms with van der Waals surface area (Å²) in [6.45, 7) is 1.76. The lowest BCUT2D eigenvalue weighted by atomic mass is 10.0. The summed E-state index contributed by atoms with van der Waals surface area (Å²) in [7, 11) is 0. The van der Waals surface area contributed by atoms with E-state index in [0.29, 0.717) is 11.1 Å². The molecule has 0 aliphatic heterocycles. The van der Waals surface area contributed by atoms with Gasteiger partial charge in [-0.15, -0.1) is 0 Å². The third kappa shape index (κ3) is 2.08. The van der Waals surface area contributed by atoms with Crippen LogP contribution >= 0.6 is 0 Å². The fraction of sp³-hybridized carbons (Fsp3) is 0.0769. The van der Waals surface area contributed by atoms with Gasteiger partial charge in [0.2, 0.25) is 0 Å². The third-order valence-corrected chi connectivity index (χ3v) is 2.37. The molecule has 0 aromatic heterocycles. The number of rotatable bonds is 1. The Kier molecular flexibility index (Phi) is 2.69. The van der Waals surface area contributed by atoms with Crippen LogP contribution in [0.25, 0.3) is 11.1 Å². The van der Waals surface area contributed by atoms with Crippen LogP contribution in [0.5, 0.6) is 0 Å². The Bertz CT molecular complexity index is 512. The number of hydrogen-bond acceptors (Lipinski definition) is 0. The minimum Gasteiger partial charge on any atom is -0.207 e. The van der Waals surface area contributed by atoms with Crippen LogP contribution in [0.3, 0.4) is 0 Å². The minimum atomic E-state index is -0.668. The lowest BCUT2D eigenvalue weighted by Gasteiger charge is -2.06. The summed E-state index contributed by atoms with van der Waals surface area (Å²) in [4.78, 5) is 0. The van der Waals surface area contributed by atoms with Crippen molar-refractivity contribution in [2.24, 2.45) is 0 Å². The van der Waals surface area contributed by atoms with E-state index in [1.807, 2.05) is 0 Å². The van der Waals surface area contributed by atoms with Gasteiger partial charge in [-0.2, -0.15) is 0 Å². The molecule has 0 aliphatic carbocycles. The Balaban J connectivity index is 2.62. The fourth-order valence-electron chi connectivity index (χ4n) is 1.61. The molecule has 0 saturated heterocycles. The molecule has 0 saturated carbocycles. The van der Waals surface area contributed by atoms with Crippen LogP contribution in [-0.4, -0.2) is 0 Å². The van der Waals surface area contributed by atoms with Crippen molar-refractivity contribution in [3.63, 3.8) is 0 Å². The molecular weight excluding hydrogens is 213 g/mol. The molecule has 0 atom stereocenters. The lowest BCUT2D eigenvalue weighted by Crippen LogP contribution is -1.88. The Hall–Kier alpha value is -1.77. The molecule has 0 aliphatic rings. The van der Waals surface area contributed by atoms with Crippen LogP contribution in [0.2, 0.25) is 0 Å². The molecule has 0 N–H and O–H groups in total. The zero-order valence-electron chi connectivity index (χ0n) is 8.60. The van der Waals surface area contributed by atoms with Crippen LogP contribution < -0.4 is 0 Å². The van der Waals surface area contributed by atoms with E-state index in [1.54, 1.807) is 13.0 Å². The minimum absolute atomic E-state index is 0.342. The quantitative estimate of drug-likeness (QED) is 0.682. The molecule has 0 heterocycles. The van der Waals surface area contributed by atoms with Gasteiger partial charge >= 0.3 is 0 Å². The lowest BCUT2D eigenvalue weighted by molar-refractivity contribution is 0.584. The van der Waals surface area contributed by atoms with E-state index >= 15 is 0 Å². The van der Waals surface area contributed by atoms with Gasteiger partial charge in [-0.1, -0.05) is 6.07 Å². The van der Waals surface area contributed by atoms with Crippen LogP contribution in [0.15, 0.2) is 36.4 Å². The Morgan fingerprint density at radius 3 is 2.00 bits per heavy atom. The topological polar surface area (TPSA) is 0 Å². The van der Waals surface area contributed by atoms with Crippen molar-refractivity contribution in [3.05, 3.63) is 59.4 Å². The van der Waals surface area contributed by atoms with Gasteiger partial charge in [0.1, 0.15) is 17.5 Å². The number of halogens is 3. The molecule has 0 unspecified atom stereocenters. The predicted molar refractivity (Wildman–Crippen MR) is 56.5 cm³/mol. The molecule has 82 valence electrons. The fourth-order valence-corrected chi connectivity index (χ4v) is 1.61. The van der Waals surface area contributed by atoms with Crippen LogP contribution in [-0.2, 0) is 0 Å². The average Bonchev–Trinajstić information content (AvgIpc) is 2.20. The largest absolute Gasteiger partial charge is 0.207 e. The number of aryl methyl sites for hydroxylation is 1. The van der Waals surface area contributed by atoms with Gasteiger partial charge in [-0.05, 0) is 47.9 Å². The van der Waals surface area contributed by atoms with Crippen molar-refractivity contribution >= 4 is 0 Å². The Morgan fingerprint density at radius 1 is 0.750 bits per heavy atom. The zero-order valence-corrected chi connectivity index (χ0v) is 8.60. The molecule has 0 bridgehead atoms. The van der Waals surface area contributed by atoms with Gasteiger partial charge < -0.3 is 0 Å². The maximum absolute atomic E-state index is 13.0. The monoisotopic (exact) mass is 222 g/mol. The van der Waals surface area contributed by atoms with E-state index in [9.17, 15) is 13.2 Å². The van der Waals surface area contributed by atoms with E-state index < -0.39 is 17.5 Å². The summed E-state index contributed by atoms with van der Waals surface area (Å²) in [5.74, 6) is -1.76. The van der Waals surface area contributed by atoms with Gasteiger partial charge in [-0.25, -0.2) is 13.2 Å². The second kappa shape index (κ2) is 4.00. The summed E-state index contributed by atoms with van der Waals surface area (Å²) >= 11 is 0. The van der Waals surface area contributed by atoms with Crippen LogP contribution in [0, 0.1) is 24.4 Å². The van der Waals surface area contributed by atoms with Crippen molar-refractivity contribution < 1.29 is 13.2 Å². The van der Waals surface area contributed by atoms with Gasteiger partial charge in [0.15, 0.2) is 0 Å². The van der Waals surface area contributed by atoms with Crippen molar-refractivity contribution in [3.8, 4) is 11.1 Å². The Labute approximate surface area is 91.4 Å². The molecule has 2 rings (SSSR count). The van der Waals surface area contributed by atoms with Crippen molar-refractivity contribution in [2.75, 3.05) is 0 Å². The van der Waals surface area contributed by atoms with Gasteiger partial charge in [-0.3, -0.25) is 0 Å². The summed E-state index contributed by atoms with van der Waals surface area (Å²) in [5, 5.41) is 0. The van der Waals surface area contributed by atoms with Crippen molar-refractivity contribution in [1.82, 2.24) is 0 Å². The first-order valence-corrected chi connectivity index (χ1v) is 4.79. The highest BCUT2D eigenvalue weighted by atomic mass is 19.1. The first-order chi connectivity index (χ1) is 7.56. The summed E-state index contributed by atoms with van der Waals surface area (Å²) in [5.41, 5.74) is 1.61. The summed E-state index contributed by atoms with van der Waals surface area (Å²) < 4.78 is 39.1. The molecule has 0 nitrogen and oxygen atoms in total. The first kappa shape index (κ1) is 10.7. The number of hydrogen-bond donors (Lipinski definition) is 0. The molecular formula is C13H9F3. The molecule has 2 aromatic carbocycles. The van der Waals surface area contributed by atoms with Crippen molar-refractivity contribution in [2.45, 2.75) is 6.92 Å². The maximum Gasteiger partial charge on any atom is 0.126 e. The Morgan fingerprint density at radius 2 is 1.38 bits per heavy atom. The highest BCUT2D eigenvalue weighted by Gasteiger charge is 2.06. The second-order valence-corrected chi connectivity index (χ2v) is 3.62. The predicted octanol–water partition coefficient (Wildman–Crippen LogP) is 4.08. The smallest absolute Gasteiger partial charge is 0.126 e. The van der Waals surface area contributed by atoms with Crippen LogP contribution in [0.1, 0.15) is 5.56 Å². The average molecular weight is 222 g/mol. The van der Waals surface area contributed by atoms with E-state index in [-0.39, 0.29) is 0 Å². The van der Waals surface area contributed by atoms with E-state index in [4.69, 9.17) is 0 Å². The van der Waals surface area contributed by atoms with E-state index in [2.05, 4.69) is 0 Å². The summed E-state index contributed by atoms with van der Waals surface area (Å²) in [6, 6.07) is 7.32. The van der Waals surface area contributed by atoms with E-state index in [1.165, 1.54) is 24.3 Å². The zero-order chi connectivity index (χ0) is 11.7. The van der Waals surface area contributed by atoms with Crippen molar-refractivity contribution in [1.29, 1.82) is 0 Å². The molecule has 2 aromatic rings. The molecule has 16 heavy (non-hydrogen) atoms. The van der Waals surface area contributed by atoms with Gasteiger partial charge in [0.05, 0.1) is 0 Å². The summed E-state index contributed by atoms with van der Waals surface area (Å²) in [6.07, 6.45) is 0. The highest BCUT2D eigenvalue weighted by molar-refractivity contribution is 5.67. The standard InChI is InChI=1S/C13H9F3/c1-8-2-3-10(14)7-13(8)9-4-11(15)6-12(16)5-9/h2-7H,1H3. The van der Waals surface area contributed by atoms with Gasteiger partial charge in [0, 0.05) is 6.07 Å². The molecule has 0 spiro atoms. The van der Waals surface area contributed by atoms with Gasteiger partial charge in [0.25, 0.3) is 0 Å². The maximum atomic E-state index is 13.0. The molecule has 0 fully saturated rings. The number of benzene rings is 2. The SMILES string of the molecule is Cc1ccc(F)cc1-c1cc(F)cc(F)c1.